The molecule has 0 radical (unpaired) electrons. The molecule has 6 nitrogen and oxygen atoms in total. The zero-order chi connectivity index (χ0) is 12.8. The highest BCUT2D eigenvalue weighted by Gasteiger charge is 2.16. The third-order valence-corrected chi connectivity index (χ3v) is 2.36. The lowest BCUT2D eigenvalue weighted by molar-refractivity contribution is 0.0698. The van der Waals surface area contributed by atoms with Crippen molar-refractivity contribution < 1.29 is 15.0 Å². The maximum atomic E-state index is 10.9. The van der Waals surface area contributed by atoms with Gasteiger partial charge in [0.2, 0.25) is 0 Å². The molecule has 0 bridgehead atoms. The zero-order valence-electron chi connectivity index (χ0n) is 9.76. The fraction of sp³-hybridized carbons (Fsp3) is 0.455. The number of hydrogen-bond acceptors (Lipinski definition) is 5. The van der Waals surface area contributed by atoms with Gasteiger partial charge in [-0.1, -0.05) is 6.92 Å². The van der Waals surface area contributed by atoms with E-state index in [0.29, 0.717) is 18.9 Å². The Balaban J connectivity index is 3.10. The van der Waals surface area contributed by atoms with Crippen LogP contribution in [0.4, 0.5) is 11.5 Å². The fourth-order valence-electron chi connectivity index (χ4n) is 1.61. The van der Waals surface area contributed by atoms with Gasteiger partial charge in [-0.25, -0.2) is 9.78 Å². The summed E-state index contributed by atoms with van der Waals surface area (Å²) in [5.41, 5.74) is 5.96. The van der Waals surface area contributed by atoms with Gasteiger partial charge in [-0.15, -0.1) is 0 Å². The highest BCUT2D eigenvalue weighted by atomic mass is 16.4. The number of rotatable bonds is 6. The van der Waals surface area contributed by atoms with Crippen LogP contribution in [0.25, 0.3) is 0 Å². The summed E-state index contributed by atoms with van der Waals surface area (Å²) < 4.78 is 0. The molecule has 0 aliphatic heterocycles. The Morgan fingerprint density at radius 1 is 1.53 bits per heavy atom. The van der Waals surface area contributed by atoms with E-state index in [4.69, 9.17) is 15.9 Å². The lowest BCUT2D eigenvalue weighted by Gasteiger charge is -2.23. The maximum Gasteiger partial charge on any atom is 0.337 e. The molecule has 0 aliphatic rings. The molecule has 0 fully saturated rings. The van der Waals surface area contributed by atoms with Crippen LogP contribution >= 0.6 is 0 Å². The number of hydrogen-bond donors (Lipinski definition) is 3. The van der Waals surface area contributed by atoms with Crippen LogP contribution in [-0.2, 0) is 0 Å². The Hall–Kier alpha value is -1.82. The van der Waals surface area contributed by atoms with Gasteiger partial charge in [-0.3, -0.25) is 0 Å². The molecule has 0 saturated heterocycles. The van der Waals surface area contributed by atoms with Crippen molar-refractivity contribution in [3.63, 3.8) is 0 Å². The molecule has 1 aromatic rings. The van der Waals surface area contributed by atoms with Crippen LogP contribution in [0.2, 0.25) is 0 Å². The molecule has 6 heteroatoms. The third-order valence-electron chi connectivity index (χ3n) is 2.36. The number of carbonyl (C=O) groups is 1. The van der Waals surface area contributed by atoms with E-state index >= 15 is 0 Å². The van der Waals surface area contributed by atoms with Gasteiger partial charge in [0.1, 0.15) is 0 Å². The molecular formula is C11H17N3O3. The second-order valence-electron chi connectivity index (χ2n) is 3.61. The second kappa shape index (κ2) is 6.05. The van der Waals surface area contributed by atoms with Crippen molar-refractivity contribution in [3.8, 4) is 0 Å². The van der Waals surface area contributed by atoms with Crippen LogP contribution in [0.3, 0.4) is 0 Å². The lowest BCUT2D eigenvalue weighted by atomic mass is 10.2. The van der Waals surface area contributed by atoms with Crippen molar-refractivity contribution in [2.24, 2.45) is 0 Å². The molecule has 0 spiro atoms. The van der Waals surface area contributed by atoms with Crippen molar-refractivity contribution in [2.75, 3.05) is 30.3 Å². The molecular weight excluding hydrogens is 222 g/mol. The topological polar surface area (TPSA) is 99.7 Å². The first-order valence-corrected chi connectivity index (χ1v) is 5.45. The van der Waals surface area contributed by atoms with Crippen molar-refractivity contribution >= 4 is 17.5 Å². The van der Waals surface area contributed by atoms with Gasteiger partial charge < -0.3 is 20.8 Å². The van der Waals surface area contributed by atoms with E-state index < -0.39 is 5.97 Å². The molecule has 0 aliphatic carbocycles. The molecule has 1 aromatic heterocycles. The summed E-state index contributed by atoms with van der Waals surface area (Å²) in [6, 6.07) is 1.37. The number of nitrogen functional groups attached to an aromatic ring is 1. The Kier molecular flexibility index (Phi) is 4.71. The summed E-state index contributed by atoms with van der Waals surface area (Å²) in [5, 5.41) is 17.9. The molecule has 1 rings (SSSR count). The summed E-state index contributed by atoms with van der Waals surface area (Å²) in [4.78, 5) is 16.8. The van der Waals surface area contributed by atoms with Crippen molar-refractivity contribution in [1.82, 2.24) is 4.98 Å². The summed E-state index contributed by atoms with van der Waals surface area (Å²) in [6.07, 6.45) is 2.27. The van der Waals surface area contributed by atoms with Gasteiger partial charge in [0.15, 0.2) is 5.82 Å². The largest absolute Gasteiger partial charge is 0.478 e. The molecule has 4 N–H and O–H groups in total. The van der Waals surface area contributed by atoms with Gasteiger partial charge in [0, 0.05) is 19.3 Å². The van der Waals surface area contributed by atoms with Gasteiger partial charge in [-0.2, -0.15) is 0 Å². The minimum Gasteiger partial charge on any atom is -0.478 e. The Labute approximate surface area is 99.7 Å². The van der Waals surface area contributed by atoms with Gasteiger partial charge in [-0.05, 0) is 12.5 Å². The molecule has 0 amide bonds. The van der Waals surface area contributed by atoms with Crippen molar-refractivity contribution in [3.05, 3.63) is 17.8 Å². The second-order valence-corrected chi connectivity index (χ2v) is 3.61. The smallest absolute Gasteiger partial charge is 0.337 e. The number of aliphatic hydroxyl groups is 1. The predicted molar refractivity (Wildman–Crippen MR) is 65.2 cm³/mol. The standard InChI is InChI=1S/C11H17N3O3/c1-2-5-14(6-7-15)10-9(12)8(11(16)17)3-4-13-10/h3-4,15H,2,5-7,12H2,1H3,(H,16,17). The first-order valence-electron chi connectivity index (χ1n) is 5.45. The van der Waals surface area contributed by atoms with E-state index in [1.54, 1.807) is 4.90 Å². The zero-order valence-corrected chi connectivity index (χ0v) is 9.76. The van der Waals surface area contributed by atoms with E-state index in [-0.39, 0.29) is 17.9 Å². The van der Waals surface area contributed by atoms with Gasteiger partial charge >= 0.3 is 5.97 Å². The highest BCUT2D eigenvalue weighted by molar-refractivity contribution is 5.96. The Morgan fingerprint density at radius 2 is 2.24 bits per heavy atom. The Bertz CT molecular complexity index is 390. The van der Waals surface area contributed by atoms with E-state index in [2.05, 4.69) is 4.98 Å². The first-order chi connectivity index (χ1) is 8.11. The number of nitrogens with zero attached hydrogens (tertiary/aromatic N) is 2. The summed E-state index contributed by atoms with van der Waals surface area (Å²) in [7, 11) is 0. The highest BCUT2D eigenvalue weighted by Crippen LogP contribution is 2.23. The maximum absolute atomic E-state index is 10.9. The lowest BCUT2D eigenvalue weighted by Crippen LogP contribution is -2.29. The molecule has 94 valence electrons. The van der Waals surface area contributed by atoms with Crippen LogP contribution in [-0.4, -0.2) is 40.9 Å². The van der Waals surface area contributed by atoms with E-state index in [1.807, 2.05) is 6.92 Å². The third kappa shape index (κ3) is 3.07. The quantitative estimate of drug-likeness (QED) is 0.671. The monoisotopic (exact) mass is 239 g/mol. The molecule has 0 unspecified atom stereocenters. The van der Waals surface area contributed by atoms with E-state index in [0.717, 1.165) is 6.42 Å². The van der Waals surface area contributed by atoms with E-state index in [9.17, 15) is 4.79 Å². The normalized spacial score (nSPS) is 10.2. The minimum absolute atomic E-state index is 0.0293. The molecule has 0 aromatic carbocycles. The van der Waals surface area contributed by atoms with Crippen molar-refractivity contribution in [2.45, 2.75) is 13.3 Å². The average molecular weight is 239 g/mol. The molecule has 0 saturated carbocycles. The van der Waals surface area contributed by atoms with Crippen LogP contribution < -0.4 is 10.6 Å². The number of pyridine rings is 1. The fourth-order valence-corrected chi connectivity index (χ4v) is 1.61. The number of aromatic carboxylic acids is 1. The number of aromatic nitrogens is 1. The van der Waals surface area contributed by atoms with Crippen molar-refractivity contribution in [1.29, 1.82) is 0 Å². The molecule has 17 heavy (non-hydrogen) atoms. The number of carboxylic acids is 1. The summed E-state index contributed by atoms with van der Waals surface area (Å²) in [5.74, 6) is -0.660. The predicted octanol–water partition coefficient (Wildman–Crippen LogP) is 0.571. The summed E-state index contributed by atoms with van der Waals surface area (Å²) in [6.45, 7) is 3.01. The SMILES string of the molecule is CCCN(CCO)c1nccc(C(=O)O)c1N. The number of nitrogens with two attached hydrogens (primary N) is 1. The van der Waals surface area contributed by atoms with Gasteiger partial charge in [0.05, 0.1) is 17.9 Å². The van der Waals surface area contributed by atoms with Crippen LogP contribution in [0, 0.1) is 0 Å². The molecule has 0 atom stereocenters. The Morgan fingerprint density at radius 3 is 2.76 bits per heavy atom. The van der Waals surface area contributed by atoms with Crippen LogP contribution in [0.5, 0.6) is 0 Å². The number of aliphatic hydroxyl groups excluding tert-OH is 1. The van der Waals surface area contributed by atoms with Crippen LogP contribution in [0.15, 0.2) is 12.3 Å². The van der Waals surface area contributed by atoms with Gasteiger partial charge in [0.25, 0.3) is 0 Å². The first kappa shape index (κ1) is 13.2. The minimum atomic E-state index is -1.08. The number of anilines is 2. The molecule has 1 heterocycles. The van der Waals surface area contributed by atoms with E-state index in [1.165, 1.54) is 12.3 Å². The van der Waals surface area contributed by atoms with Crippen LogP contribution in [0.1, 0.15) is 23.7 Å². The summed E-state index contributed by atoms with van der Waals surface area (Å²) >= 11 is 0. The average Bonchev–Trinajstić information content (AvgIpc) is 2.29. The number of carboxylic acid groups (broad SMARTS) is 1.